The van der Waals surface area contributed by atoms with E-state index in [1.807, 2.05) is 12.1 Å². The van der Waals surface area contributed by atoms with Crippen molar-refractivity contribution in [1.29, 1.82) is 0 Å². The highest BCUT2D eigenvalue weighted by Gasteiger charge is 2.07. The second kappa shape index (κ2) is 3.75. The lowest BCUT2D eigenvalue weighted by Crippen LogP contribution is -2.01. The summed E-state index contributed by atoms with van der Waals surface area (Å²) in [5, 5.41) is 0.606. The van der Waals surface area contributed by atoms with Crippen LogP contribution in [0.1, 0.15) is 0 Å². The van der Waals surface area contributed by atoms with Crippen molar-refractivity contribution in [3.8, 4) is 11.4 Å². The molecule has 2 aromatic heterocycles. The number of fused-ring (bicyclic) bond motifs is 1. The second-order valence-electron chi connectivity index (χ2n) is 3.66. The molecule has 4 nitrogen and oxygen atoms in total. The van der Waals surface area contributed by atoms with Gasteiger partial charge < -0.3 is 9.97 Å². The molecule has 3 aromatic rings. The summed E-state index contributed by atoms with van der Waals surface area (Å²) < 4.78 is 0. The molecule has 0 aliphatic rings. The first-order valence-electron chi connectivity index (χ1n) is 5.07. The van der Waals surface area contributed by atoms with Gasteiger partial charge in [-0.2, -0.15) is 0 Å². The van der Waals surface area contributed by atoms with Gasteiger partial charge in [-0.15, -0.1) is 0 Å². The number of nitrogens with zero attached hydrogens (tertiary/aromatic N) is 1. The fourth-order valence-corrected chi connectivity index (χ4v) is 1.91. The van der Waals surface area contributed by atoms with E-state index in [1.165, 1.54) is 6.07 Å². The molecule has 0 aliphatic heterocycles. The Hall–Kier alpha value is -2.07. The highest BCUT2D eigenvalue weighted by molar-refractivity contribution is 6.34. The minimum absolute atomic E-state index is 0.136. The first-order valence-corrected chi connectivity index (χ1v) is 5.45. The molecule has 1 aromatic carbocycles. The molecule has 84 valence electrons. The summed E-state index contributed by atoms with van der Waals surface area (Å²) >= 11 is 6.04. The molecule has 0 saturated heterocycles. The molecule has 0 aliphatic carbocycles. The summed E-state index contributed by atoms with van der Waals surface area (Å²) in [5.41, 5.74) is 2.29. The molecular weight excluding hydrogens is 238 g/mol. The molecule has 0 amide bonds. The summed E-state index contributed by atoms with van der Waals surface area (Å²) in [5.74, 6) is 0.685. The lowest BCUT2D eigenvalue weighted by atomic mass is 10.3. The molecule has 2 heterocycles. The van der Waals surface area contributed by atoms with Crippen molar-refractivity contribution in [3.05, 3.63) is 51.9 Å². The van der Waals surface area contributed by atoms with Crippen LogP contribution in [0.5, 0.6) is 0 Å². The van der Waals surface area contributed by atoms with Crippen molar-refractivity contribution in [2.45, 2.75) is 0 Å². The van der Waals surface area contributed by atoms with Crippen molar-refractivity contribution in [3.63, 3.8) is 0 Å². The number of H-pyrrole nitrogens is 2. The van der Waals surface area contributed by atoms with Gasteiger partial charge in [-0.05, 0) is 18.2 Å². The highest BCUT2D eigenvalue weighted by Crippen LogP contribution is 2.24. The molecule has 2 N–H and O–H groups in total. The summed E-state index contributed by atoms with van der Waals surface area (Å²) in [6.45, 7) is 0. The zero-order chi connectivity index (χ0) is 11.8. The van der Waals surface area contributed by atoms with E-state index in [4.69, 9.17) is 11.6 Å². The average molecular weight is 246 g/mol. The van der Waals surface area contributed by atoms with Crippen molar-refractivity contribution in [2.24, 2.45) is 0 Å². The van der Waals surface area contributed by atoms with Crippen LogP contribution in [0.25, 0.3) is 22.4 Å². The minimum Gasteiger partial charge on any atom is -0.338 e. The molecular formula is C12H8ClN3O. The lowest BCUT2D eigenvalue weighted by molar-refractivity contribution is 1.22. The Morgan fingerprint density at radius 1 is 1.18 bits per heavy atom. The number of aromatic nitrogens is 3. The maximum atomic E-state index is 11.0. The topological polar surface area (TPSA) is 61.5 Å². The van der Waals surface area contributed by atoms with E-state index in [-0.39, 0.29) is 5.56 Å². The van der Waals surface area contributed by atoms with Crippen molar-refractivity contribution < 1.29 is 0 Å². The van der Waals surface area contributed by atoms with Gasteiger partial charge in [-0.1, -0.05) is 17.7 Å². The van der Waals surface area contributed by atoms with Gasteiger partial charge in [0.25, 0.3) is 0 Å². The summed E-state index contributed by atoms with van der Waals surface area (Å²) in [4.78, 5) is 21.1. The van der Waals surface area contributed by atoms with E-state index in [9.17, 15) is 4.79 Å². The lowest BCUT2D eigenvalue weighted by Gasteiger charge is -1.93. The zero-order valence-electron chi connectivity index (χ0n) is 8.70. The monoisotopic (exact) mass is 245 g/mol. The van der Waals surface area contributed by atoms with E-state index in [1.54, 1.807) is 18.3 Å². The van der Waals surface area contributed by atoms with Gasteiger partial charge in [0.2, 0.25) is 5.56 Å². The highest BCUT2D eigenvalue weighted by atomic mass is 35.5. The molecule has 0 saturated carbocycles. The Labute approximate surface area is 101 Å². The number of hydrogen-bond donors (Lipinski definition) is 2. The number of hydrogen-bond acceptors (Lipinski definition) is 2. The van der Waals surface area contributed by atoms with Gasteiger partial charge in [0.15, 0.2) is 0 Å². The van der Waals surface area contributed by atoms with Gasteiger partial charge in [-0.25, -0.2) is 4.98 Å². The first-order chi connectivity index (χ1) is 8.24. The van der Waals surface area contributed by atoms with E-state index >= 15 is 0 Å². The summed E-state index contributed by atoms with van der Waals surface area (Å²) in [7, 11) is 0. The Kier molecular flexibility index (Phi) is 2.23. The van der Waals surface area contributed by atoms with Crippen LogP contribution in [0.15, 0.2) is 41.3 Å². The van der Waals surface area contributed by atoms with Crippen LogP contribution in [0.3, 0.4) is 0 Å². The number of pyridine rings is 1. The van der Waals surface area contributed by atoms with Crippen LogP contribution in [-0.4, -0.2) is 15.0 Å². The Balaban J connectivity index is 2.21. The van der Waals surface area contributed by atoms with Gasteiger partial charge in [0, 0.05) is 17.8 Å². The van der Waals surface area contributed by atoms with Crippen LogP contribution in [0.2, 0.25) is 5.02 Å². The molecule has 0 bridgehead atoms. The number of halogens is 1. The fraction of sp³-hybridized carbons (Fsp3) is 0. The molecule has 0 fully saturated rings. The quantitative estimate of drug-likeness (QED) is 0.692. The minimum atomic E-state index is -0.136. The largest absolute Gasteiger partial charge is 0.338 e. The summed E-state index contributed by atoms with van der Waals surface area (Å²) in [6.07, 6.45) is 1.62. The number of para-hydroxylation sites is 1. The van der Waals surface area contributed by atoms with E-state index < -0.39 is 0 Å². The molecule has 0 atom stereocenters. The number of rotatable bonds is 1. The average Bonchev–Trinajstić information content (AvgIpc) is 2.75. The molecule has 0 radical (unpaired) electrons. The van der Waals surface area contributed by atoms with Crippen molar-refractivity contribution in [1.82, 2.24) is 15.0 Å². The van der Waals surface area contributed by atoms with E-state index in [0.29, 0.717) is 10.8 Å². The third-order valence-corrected chi connectivity index (χ3v) is 2.83. The van der Waals surface area contributed by atoms with Gasteiger partial charge in [0.05, 0.1) is 10.5 Å². The molecule has 0 unspecified atom stereocenters. The third-order valence-electron chi connectivity index (χ3n) is 2.52. The predicted octanol–water partition coefficient (Wildman–Crippen LogP) is 2.57. The SMILES string of the molecule is O=c1ccc(-c2nc3c(Cl)cccc3[nH]2)c[nH]1. The molecule has 3 rings (SSSR count). The van der Waals surface area contributed by atoms with Crippen molar-refractivity contribution in [2.75, 3.05) is 0 Å². The number of benzene rings is 1. The smallest absolute Gasteiger partial charge is 0.247 e. The predicted molar refractivity (Wildman–Crippen MR) is 67.2 cm³/mol. The van der Waals surface area contributed by atoms with Gasteiger partial charge >= 0.3 is 0 Å². The molecule has 5 heteroatoms. The van der Waals surface area contributed by atoms with E-state index in [2.05, 4.69) is 15.0 Å². The Bertz CT molecular complexity index is 724. The zero-order valence-corrected chi connectivity index (χ0v) is 9.45. The maximum Gasteiger partial charge on any atom is 0.247 e. The number of imidazole rings is 1. The van der Waals surface area contributed by atoms with Crippen LogP contribution in [0.4, 0.5) is 0 Å². The van der Waals surface area contributed by atoms with Crippen LogP contribution >= 0.6 is 11.6 Å². The van der Waals surface area contributed by atoms with E-state index in [0.717, 1.165) is 16.6 Å². The standard InChI is InChI=1S/C12H8ClN3O/c13-8-2-1-3-9-11(8)16-12(15-9)7-4-5-10(17)14-6-7/h1-6H,(H,14,17)(H,15,16). The third kappa shape index (κ3) is 1.72. The fourth-order valence-electron chi connectivity index (χ4n) is 1.69. The normalized spacial score (nSPS) is 10.9. The van der Waals surface area contributed by atoms with Gasteiger partial charge in [0.1, 0.15) is 11.3 Å². The first kappa shape index (κ1) is 10.1. The Morgan fingerprint density at radius 3 is 2.76 bits per heavy atom. The van der Waals surface area contributed by atoms with Gasteiger partial charge in [-0.3, -0.25) is 4.79 Å². The number of nitrogens with one attached hydrogen (secondary N) is 2. The Morgan fingerprint density at radius 2 is 2.06 bits per heavy atom. The van der Waals surface area contributed by atoms with Crippen LogP contribution < -0.4 is 5.56 Å². The van der Waals surface area contributed by atoms with Crippen molar-refractivity contribution >= 4 is 22.6 Å². The molecule has 17 heavy (non-hydrogen) atoms. The summed E-state index contributed by atoms with van der Waals surface area (Å²) in [6, 6.07) is 8.73. The number of aromatic amines is 2. The molecule has 0 spiro atoms. The maximum absolute atomic E-state index is 11.0. The van der Waals surface area contributed by atoms with Crippen LogP contribution in [-0.2, 0) is 0 Å². The second-order valence-corrected chi connectivity index (χ2v) is 4.07. The van der Waals surface area contributed by atoms with Crippen LogP contribution in [0, 0.1) is 0 Å².